The maximum atomic E-state index is 11.6. The summed E-state index contributed by atoms with van der Waals surface area (Å²) in [5, 5.41) is 0.654. The Morgan fingerprint density at radius 2 is 2.20 bits per heavy atom. The van der Waals surface area contributed by atoms with Gasteiger partial charge in [-0.25, -0.2) is 8.42 Å². The highest BCUT2D eigenvalue weighted by Gasteiger charge is 2.31. The van der Waals surface area contributed by atoms with Crippen LogP contribution in [0.4, 0.5) is 5.69 Å². The summed E-state index contributed by atoms with van der Waals surface area (Å²) >= 11 is 6.08. The molecule has 6 heteroatoms. The van der Waals surface area contributed by atoms with Gasteiger partial charge < -0.3 is 10.6 Å². The summed E-state index contributed by atoms with van der Waals surface area (Å²) in [6.07, 6.45) is 1.42. The fourth-order valence-electron chi connectivity index (χ4n) is 2.66. The van der Waals surface area contributed by atoms with Gasteiger partial charge in [-0.05, 0) is 37.5 Å². The number of anilines is 1. The molecule has 1 aromatic rings. The summed E-state index contributed by atoms with van der Waals surface area (Å²) in [6.45, 7) is 1.96. The van der Waals surface area contributed by atoms with Crippen LogP contribution < -0.4 is 10.6 Å². The van der Waals surface area contributed by atoms with E-state index in [0.717, 1.165) is 17.7 Å². The second-order valence-corrected chi connectivity index (χ2v) is 8.29. The summed E-state index contributed by atoms with van der Waals surface area (Å²) in [4.78, 5) is 2.04. The van der Waals surface area contributed by atoms with E-state index in [1.807, 2.05) is 37.1 Å². The van der Waals surface area contributed by atoms with Crippen molar-refractivity contribution >= 4 is 27.1 Å². The molecular formula is C14H21ClN2O2S. The first-order valence-corrected chi connectivity index (χ1v) is 8.96. The lowest BCUT2D eigenvalue weighted by Crippen LogP contribution is -2.33. The van der Waals surface area contributed by atoms with Crippen molar-refractivity contribution in [3.05, 3.63) is 28.8 Å². The zero-order valence-corrected chi connectivity index (χ0v) is 13.4. The third kappa shape index (κ3) is 3.65. The molecule has 1 aromatic carbocycles. The molecule has 2 N–H and O–H groups in total. The Labute approximate surface area is 125 Å². The number of sulfone groups is 1. The quantitative estimate of drug-likeness (QED) is 0.921. The molecule has 1 heterocycles. The minimum Gasteiger partial charge on any atom is -0.370 e. The molecule has 0 aromatic heterocycles. The number of hydrogen-bond donors (Lipinski definition) is 1. The van der Waals surface area contributed by atoms with E-state index in [9.17, 15) is 8.42 Å². The molecule has 1 fully saturated rings. The summed E-state index contributed by atoms with van der Waals surface area (Å²) in [7, 11) is -0.961. The maximum absolute atomic E-state index is 11.6. The van der Waals surface area contributed by atoms with E-state index in [1.165, 1.54) is 0 Å². The molecule has 1 saturated heterocycles. The van der Waals surface area contributed by atoms with Gasteiger partial charge in [0.1, 0.15) is 0 Å². The number of nitrogens with zero attached hydrogens (tertiary/aromatic N) is 1. The second kappa shape index (κ2) is 5.92. The van der Waals surface area contributed by atoms with E-state index in [2.05, 4.69) is 0 Å². The van der Waals surface area contributed by atoms with E-state index >= 15 is 0 Å². The van der Waals surface area contributed by atoms with Gasteiger partial charge in [0.25, 0.3) is 0 Å². The van der Waals surface area contributed by atoms with Gasteiger partial charge in [-0.15, -0.1) is 0 Å². The first-order chi connectivity index (χ1) is 9.28. The van der Waals surface area contributed by atoms with Gasteiger partial charge in [-0.2, -0.15) is 0 Å². The van der Waals surface area contributed by atoms with Gasteiger partial charge >= 0.3 is 0 Å². The van der Waals surface area contributed by atoms with Crippen LogP contribution in [0.3, 0.4) is 0 Å². The third-order valence-electron chi connectivity index (χ3n) is 3.73. The summed E-state index contributed by atoms with van der Waals surface area (Å²) < 4.78 is 23.3. The molecule has 1 aliphatic heterocycles. The van der Waals surface area contributed by atoms with Crippen LogP contribution in [0.25, 0.3) is 0 Å². The lowest BCUT2D eigenvalue weighted by molar-refractivity contribution is 0.600. The van der Waals surface area contributed by atoms with Crippen molar-refractivity contribution in [3.63, 3.8) is 0 Å². The van der Waals surface area contributed by atoms with Gasteiger partial charge in [0.15, 0.2) is 9.84 Å². The smallest absolute Gasteiger partial charge is 0.152 e. The Morgan fingerprint density at radius 1 is 1.50 bits per heavy atom. The molecule has 0 bridgehead atoms. The van der Waals surface area contributed by atoms with Crippen LogP contribution >= 0.6 is 11.6 Å². The summed E-state index contributed by atoms with van der Waals surface area (Å²) in [6, 6.07) is 5.79. The van der Waals surface area contributed by atoms with Crippen LogP contribution in [0.5, 0.6) is 0 Å². The highest BCUT2D eigenvalue weighted by molar-refractivity contribution is 7.91. The standard InChI is InChI=1S/C14H21ClN2O2S/c1-10(16)7-11-3-4-12(15)8-14(11)17(2)13-5-6-20(18,19)9-13/h3-4,8,10,13H,5-7,9,16H2,1-2H3. The normalized spacial score (nSPS) is 22.7. The summed E-state index contributed by atoms with van der Waals surface area (Å²) in [5.74, 6) is 0.485. The number of nitrogens with two attached hydrogens (primary N) is 1. The Bertz CT molecular complexity index is 587. The van der Waals surface area contributed by atoms with E-state index < -0.39 is 9.84 Å². The Morgan fingerprint density at radius 3 is 2.75 bits per heavy atom. The average molecular weight is 317 g/mol. The molecule has 112 valence electrons. The van der Waals surface area contributed by atoms with Gasteiger partial charge in [0.05, 0.1) is 11.5 Å². The van der Waals surface area contributed by atoms with Crippen molar-refractivity contribution in [2.45, 2.75) is 31.8 Å². The van der Waals surface area contributed by atoms with Gasteiger partial charge in [0, 0.05) is 29.8 Å². The molecule has 20 heavy (non-hydrogen) atoms. The van der Waals surface area contributed by atoms with Crippen molar-refractivity contribution in [2.75, 3.05) is 23.5 Å². The van der Waals surface area contributed by atoms with Gasteiger partial charge in [-0.1, -0.05) is 17.7 Å². The molecule has 4 nitrogen and oxygen atoms in total. The second-order valence-electron chi connectivity index (χ2n) is 5.62. The van der Waals surface area contributed by atoms with Crippen LogP contribution in [-0.4, -0.2) is 39.1 Å². The largest absolute Gasteiger partial charge is 0.370 e. The molecule has 1 aliphatic rings. The van der Waals surface area contributed by atoms with E-state index in [-0.39, 0.29) is 23.6 Å². The first-order valence-electron chi connectivity index (χ1n) is 6.76. The van der Waals surface area contributed by atoms with Crippen LogP contribution in [0, 0.1) is 0 Å². The topological polar surface area (TPSA) is 63.4 Å². The fourth-order valence-corrected chi connectivity index (χ4v) is 4.60. The third-order valence-corrected chi connectivity index (χ3v) is 5.71. The number of hydrogen-bond acceptors (Lipinski definition) is 4. The highest BCUT2D eigenvalue weighted by Crippen LogP contribution is 2.29. The molecule has 0 spiro atoms. The maximum Gasteiger partial charge on any atom is 0.152 e. The number of halogens is 1. The molecular weight excluding hydrogens is 296 g/mol. The highest BCUT2D eigenvalue weighted by atomic mass is 35.5. The Kier molecular flexibility index (Phi) is 4.62. The monoisotopic (exact) mass is 316 g/mol. The SMILES string of the molecule is CC(N)Cc1ccc(Cl)cc1N(C)C1CCS(=O)(=O)C1. The number of benzene rings is 1. The van der Waals surface area contributed by atoms with Gasteiger partial charge in [-0.3, -0.25) is 0 Å². The van der Waals surface area contributed by atoms with Crippen molar-refractivity contribution in [3.8, 4) is 0 Å². The molecule has 2 atom stereocenters. The van der Waals surface area contributed by atoms with Crippen molar-refractivity contribution in [1.82, 2.24) is 0 Å². The lowest BCUT2D eigenvalue weighted by Gasteiger charge is -2.28. The van der Waals surface area contributed by atoms with Crippen molar-refractivity contribution in [1.29, 1.82) is 0 Å². The zero-order valence-electron chi connectivity index (χ0n) is 11.8. The molecule has 2 unspecified atom stereocenters. The van der Waals surface area contributed by atoms with Gasteiger partial charge in [0.2, 0.25) is 0 Å². The summed E-state index contributed by atoms with van der Waals surface area (Å²) in [5.41, 5.74) is 7.97. The molecule has 0 saturated carbocycles. The van der Waals surface area contributed by atoms with Crippen LogP contribution in [0.1, 0.15) is 18.9 Å². The first kappa shape index (κ1) is 15.6. The minimum atomic E-state index is -2.89. The van der Waals surface area contributed by atoms with Crippen molar-refractivity contribution < 1.29 is 8.42 Å². The minimum absolute atomic E-state index is 0.0188. The molecule has 0 aliphatic carbocycles. The Hall–Kier alpha value is -0.780. The van der Waals surface area contributed by atoms with Crippen LogP contribution in [0.15, 0.2) is 18.2 Å². The van der Waals surface area contributed by atoms with Crippen LogP contribution in [0.2, 0.25) is 5.02 Å². The lowest BCUT2D eigenvalue weighted by atomic mass is 10.0. The number of rotatable bonds is 4. The predicted octanol–water partition coefficient (Wildman–Crippen LogP) is 1.85. The molecule has 0 amide bonds. The zero-order chi connectivity index (χ0) is 14.9. The van der Waals surface area contributed by atoms with E-state index in [0.29, 0.717) is 11.4 Å². The predicted molar refractivity (Wildman–Crippen MR) is 84.3 cm³/mol. The van der Waals surface area contributed by atoms with Crippen LogP contribution in [-0.2, 0) is 16.3 Å². The van der Waals surface area contributed by atoms with E-state index in [4.69, 9.17) is 17.3 Å². The average Bonchev–Trinajstić information content (AvgIpc) is 2.70. The molecule has 2 rings (SSSR count). The van der Waals surface area contributed by atoms with E-state index in [1.54, 1.807) is 0 Å². The molecule has 0 radical (unpaired) electrons. The van der Waals surface area contributed by atoms with Crippen molar-refractivity contribution in [2.24, 2.45) is 5.73 Å². The Balaban J connectivity index is 2.28. The fraction of sp³-hybridized carbons (Fsp3) is 0.571.